The van der Waals surface area contributed by atoms with Gasteiger partial charge in [0.1, 0.15) is 5.75 Å². The summed E-state index contributed by atoms with van der Waals surface area (Å²) in [7, 11) is 0. The lowest BCUT2D eigenvalue weighted by Crippen LogP contribution is -2.25. The van der Waals surface area contributed by atoms with Crippen LogP contribution in [0.15, 0.2) is 42.5 Å². The summed E-state index contributed by atoms with van der Waals surface area (Å²) in [5.41, 5.74) is 1.80. The summed E-state index contributed by atoms with van der Waals surface area (Å²) < 4.78 is 29.6. The summed E-state index contributed by atoms with van der Waals surface area (Å²) in [6.45, 7) is 2.12. The Morgan fingerprint density at radius 3 is 2.72 bits per heavy atom. The van der Waals surface area contributed by atoms with Crippen molar-refractivity contribution in [2.24, 2.45) is 0 Å². The molecule has 1 unspecified atom stereocenters. The maximum absolute atomic E-state index is 11.6. The number of amides is 2. The maximum Gasteiger partial charge on any atom is 0.286 e. The number of rotatable bonds is 7. The summed E-state index contributed by atoms with van der Waals surface area (Å²) in [4.78, 5) is 27.0. The van der Waals surface area contributed by atoms with Crippen LogP contribution in [-0.2, 0) is 24.1 Å². The molecule has 6 heteroatoms. The van der Waals surface area contributed by atoms with E-state index in [0.717, 1.165) is 17.3 Å². The Morgan fingerprint density at radius 1 is 1.24 bits per heavy atom. The van der Waals surface area contributed by atoms with E-state index in [1.807, 2.05) is 19.1 Å². The lowest BCUT2D eigenvalue weighted by Gasteiger charge is -2.09. The summed E-state index contributed by atoms with van der Waals surface area (Å²) in [6.07, 6.45) is 1.37. The highest BCUT2D eigenvalue weighted by Gasteiger charge is 2.31. The van der Waals surface area contributed by atoms with Gasteiger partial charge in [0, 0.05) is 18.3 Å². The van der Waals surface area contributed by atoms with Gasteiger partial charge in [-0.1, -0.05) is 36.9 Å². The molecule has 2 aromatic rings. The predicted molar refractivity (Wildman–Crippen MR) is 97.9 cm³/mol. The molecule has 0 saturated carbocycles. The molecular formula is C19H20N2O3S. The highest BCUT2D eigenvalue weighted by Crippen LogP contribution is 2.23. The van der Waals surface area contributed by atoms with Crippen LogP contribution in [-0.4, -0.2) is 28.0 Å². The highest BCUT2D eigenvalue weighted by molar-refractivity contribution is 8.15. The Hall–Kier alpha value is -2.34. The number of pyridine rings is 1. The van der Waals surface area contributed by atoms with Gasteiger partial charge in [-0.05, 0) is 42.1 Å². The molecule has 0 aliphatic carbocycles. The van der Waals surface area contributed by atoms with Crippen molar-refractivity contribution in [3.8, 4) is 5.75 Å². The van der Waals surface area contributed by atoms with Gasteiger partial charge in [-0.3, -0.25) is 19.9 Å². The molecule has 1 aromatic heterocycles. The number of imide groups is 1. The average Bonchev–Trinajstić information content (AvgIpc) is 2.98. The molecule has 25 heavy (non-hydrogen) atoms. The number of benzene rings is 1. The minimum absolute atomic E-state index is 0.0497. The Balaban J connectivity index is 1.56. The Morgan fingerprint density at radius 2 is 2.04 bits per heavy atom. The number of nitrogens with zero attached hydrogens (tertiary/aromatic N) is 1. The van der Waals surface area contributed by atoms with Gasteiger partial charge in [0.2, 0.25) is 5.91 Å². The van der Waals surface area contributed by atoms with Crippen molar-refractivity contribution in [2.45, 2.75) is 31.4 Å². The maximum atomic E-state index is 11.6. The molecule has 1 atom stereocenters. The normalized spacial score (nSPS) is 18.4. The van der Waals surface area contributed by atoms with Crippen LogP contribution in [0.3, 0.4) is 0 Å². The Kier molecular flexibility index (Phi) is 4.54. The van der Waals surface area contributed by atoms with Gasteiger partial charge < -0.3 is 4.74 Å². The van der Waals surface area contributed by atoms with E-state index in [-0.39, 0.29) is 36.0 Å². The van der Waals surface area contributed by atoms with Crippen LogP contribution in [0, 0.1) is 0 Å². The number of carbonyl (C=O) groups excluding carboxylic acids is 2. The third-order valence-electron chi connectivity index (χ3n) is 3.76. The topological polar surface area (TPSA) is 68.3 Å². The summed E-state index contributed by atoms with van der Waals surface area (Å²) in [5, 5.41) is 1.57. The van der Waals surface area contributed by atoms with Gasteiger partial charge in [-0.15, -0.1) is 0 Å². The van der Waals surface area contributed by atoms with Gasteiger partial charge in [-0.2, -0.15) is 0 Å². The van der Waals surface area contributed by atoms with Gasteiger partial charge in [0.25, 0.3) is 5.24 Å². The minimum atomic E-state index is -0.398. The Labute approximate surface area is 155 Å². The molecule has 0 bridgehead atoms. The molecule has 1 N–H and O–H groups in total. The van der Waals surface area contributed by atoms with Crippen molar-refractivity contribution >= 4 is 22.9 Å². The quantitative estimate of drug-likeness (QED) is 0.822. The molecular weight excluding hydrogens is 336 g/mol. The van der Waals surface area contributed by atoms with Crippen molar-refractivity contribution in [3.63, 3.8) is 0 Å². The van der Waals surface area contributed by atoms with Crippen molar-refractivity contribution in [1.29, 1.82) is 0 Å². The second-order valence-electron chi connectivity index (χ2n) is 5.58. The summed E-state index contributed by atoms with van der Waals surface area (Å²) in [6, 6.07) is 7.38. The molecule has 1 fully saturated rings. The Bertz CT molecular complexity index is 906. The minimum Gasteiger partial charge on any atom is -0.493 e. The first-order valence-corrected chi connectivity index (χ1v) is 8.95. The monoisotopic (exact) mass is 359 g/mol. The lowest BCUT2D eigenvalue weighted by molar-refractivity contribution is -0.118. The van der Waals surface area contributed by atoms with Gasteiger partial charge in [0.15, 0.2) is 0 Å². The van der Waals surface area contributed by atoms with Crippen molar-refractivity contribution in [1.82, 2.24) is 10.3 Å². The first kappa shape index (κ1) is 13.9. The van der Waals surface area contributed by atoms with Crippen LogP contribution < -0.4 is 10.1 Å². The number of hydrogen-bond donors (Lipinski definition) is 1. The molecule has 3 rings (SSSR count). The predicted octanol–water partition coefficient (Wildman–Crippen LogP) is 3.16. The number of carbonyl (C=O) groups is 2. The summed E-state index contributed by atoms with van der Waals surface area (Å²) in [5.74, 6) is 0.378. The molecule has 0 spiro atoms. The van der Waals surface area contributed by atoms with Crippen LogP contribution in [0.1, 0.15) is 27.9 Å². The fourth-order valence-corrected chi connectivity index (χ4v) is 3.21. The van der Waals surface area contributed by atoms with Crippen LogP contribution in [0.25, 0.3) is 0 Å². The molecule has 1 aliphatic heterocycles. The zero-order valence-corrected chi connectivity index (χ0v) is 14.6. The molecule has 1 aliphatic rings. The zero-order chi connectivity index (χ0) is 20.3. The fourth-order valence-electron chi connectivity index (χ4n) is 2.35. The second kappa shape index (κ2) is 8.16. The second-order valence-corrected chi connectivity index (χ2v) is 6.76. The first-order valence-electron chi connectivity index (χ1n) is 9.57. The third-order valence-corrected chi connectivity index (χ3v) is 4.74. The number of aromatic nitrogens is 1. The molecule has 0 radical (unpaired) electrons. The van der Waals surface area contributed by atoms with Crippen LogP contribution in [0.5, 0.6) is 5.75 Å². The largest absolute Gasteiger partial charge is 0.493 e. The zero-order valence-electron chi connectivity index (χ0n) is 16.8. The van der Waals surface area contributed by atoms with E-state index in [4.69, 9.17) is 8.85 Å². The van der Waals surface area contributed by atoms with E-state index in [9.17, 15) is 9.59 Å². The van der Waals surface area contributed by atoms with E-state index in [2.05, 4.69) is 10.3 Å². The van der Waals surface area contributed by atoms with Crippen LogP contribution >= 0.6 is 11.8 Å². The van der Waals surface area contributed by atoms with E-state index in [1.165, 1.54) is 0 Å². The molecule has 1 aromatic carbocycles. The highest BCUT2D eigenvalue weighted by atomic mass is 32.2. The molecule has 1 saturated heterocycles. The molecule has 2 heterocycles. The number of thioether (sulfide) groups is 1. The van der Waals surface area contributed by atoms with Gasteiger partial charge in [-0.25, -0.2) is 0 Å². The fraction of sp³-hybridized carbons (Fsp3) is 0.316. The van der Waals surface area contributed by atoms with E-state index in [0.29, 0.717) is 36.3 Å². The molecule has 130 valence electrons. The van der Waals surface area contributed by atoms with E-state index in [1.54, 1.807) is 12.1 Å². The van der Waals surface area contributed by atoms with Crippen LogP contribution in [0.4, 0.5) is 4.79 Å². The summed E-state index contributed by atoms with van der Waals surface area (Å²) >= 11 is 1.00. The smallest absolute Gasteiger partial charge is 0.286 e. The van der Waals surface area contributed by atoms with E-state index >= 15 is 0 Å². The first-order chi connectivity index (χ1) is 13.4. The van der Waals surface area contributed by atoms with Crippen molar-refractivity contribution < 1.29 is 18.4 Å². The van der Waals surface area contributed by atoms with Crippen molar-refractivity contribution in [2.75, 3.05) is 6.61 Å². The standard InChI is InChI=1S/C19H20N2O3S/c1-2-13-3-6-15(20-12-13)9-10-24-16-7-4-14(5-8-16)11-17-18(22)21-19(23)25-17/h3-8,12,17H,2,9-11H2,1H3,(H,21,22,23)/i3D,6D,12D. The number of hydrogen-bond acceptors (Lipinski definition) is 5. The SMILES string of the molecule is [2H]c1nc(CCOc2ccc(CC3SC(=O)NC3=O)cc2)c([2H])c([2H])c1CC. The number of ether oxygens (including phenoxy) is 1. The van der Waals surface area contributed by atoms with Gasteiger partial charge >= 0.3 is 0 Å². The molecule has 2 amide bonds. The lowest BCUT2D eigenvalue weighted by atomic mass is 10.1. The van der Waals surface area contributed by atoms with Crippen molar-refractivity contribution in [3.05, 3.63) is 59.3 Å². The van der Waals surface area contributed by atoms with Crippen LogP contribution in [0.2, 0.25) is 0 Å². The molecule has 5 nitrogen and oxygen atoms in total. The average molecular weight is 359 g/mol. The number of nitrogens with one attached hydrogen (secondary N) is 1. The van der Waals surface area contributed by atoms with Gasteiger partial charge in [0.05, 0.1) is 16.0 Å². The third kappa shape index (κ3) is 4.82. The van der Waals surface area contributed by atoms with E-state index < -0.39 is 5.25 Å².